The van der Waals surface area contributed by atoms with Gasteiger partial charge in [-0.05, 0) is 31.0 Å². The van der Waals surface area contributed by atoms with Gasteiger partial charge in [0.25, 0.3) is 0 Å². The van der Waals surface area contributed by atoms with Crippen LogP contribution in [0, 0.1) is 11.3 Å². The molecule has 1 heterocycles. The molecule has 16 heavy (non-hydrogen) atoms. The zero-order valence-corrected chi connectivity index (χ0v) is 9.74. The zero-order chi connectivity index (χ0) is 12.0. The largest absolute Gasteiger partial charge is 0.265 e. The number of sulfonamides is 1. The van der Waals surface area contributed by atoms with Crippen molar-refractivity contribution in [3.8, 4) is 6.07 Å². The SMILES string of the molecule is CC(C#N)S(=O)(=O)NCCc1ccncc1. The minimum Gasteiger partial charge on any atom is -0.265 e. The first-order valence-electron chi connectivity index (χ1n) is 4.83. The molecule has 6 heteroatoms. The van der Waals surface area contributed by atoms with Gasteiger partial charge in [-0.2, -0.15) is 5.26 Å². The Balaban J connectivity index is 2.46. The Bertz CT molecular complexity index is 465. The maximum atomic E-state index is 11.4. The lowest BCUT2D eigenvalue weighted by Gasteiger charge is -2.07. The molecular formula is C10H13N3O2S. The summed E-state index contributed by atoms with van der Waals surface area (Å²) >= 11 is 0. The van der Waals surface area contributed by atoms with Gasteiger partial charge in [-0.1, -0.05) is 0 Å². The molecule has 1 rings (SSSR count). The third kappa shape index (κ3) is 3.61. The van der Waals surface area contributed by atoms with Gasteiger partial charge in [-0.3, -0.25) is 4.98 Å². The summed E-state index contributed by atoms with van der Waals surface area (Å²) in [6.07, 6.45) is 3.89. The van der Waals surface area contributed by atoms with Gasteiger partial charge in [0.15, 0.2) is 5.25 Å². The van der Waals surface area contributed by atoms with Gasteiger partial charge in [0.05, 0.1) is 6.07 Å². The van der Waals surface area contributed by atoms with Crippen LogP contribution in [0.15, 0.2) is 24.5 Å². The van der Waals surface area contributed by atoms with Gasteiger partial charge in [0.1, 0.15) is 0 Å². The third-order valence-corrected chi connectivity index (χ3v) is 3.76. The van der Waals surface area contributed by atoms with E-state index in [1.165, 1.54) is 6.92 Å². The number of nitrogens with one attached hydrogen (secondary N) is 1. The summed E-state index contributed by atoms with van der Waals surface area (Å²) in [5, 5.41) is 7.49. The molecule has 1 atom stereocenters. The summed E-state index contributed by atoms with van der Waals surface area (Å²) in [5.41, 5.74) is 1.00. The Hall–Kier alpha value is -1.45. The van der Waals surface area contributed by atoms with E-state index in [0.717, 1.165) is 5.56 Å². The average Bonchev–Trinajstić information content (AvgIpc) is 2.29. The van der Waals surface area contributed by atoms with E-state index < -0.39 is 15.3 Å². The molecule has 1 unspecified atom stereocenters. The van der Waals surface area contributed by atoms with Gasteiger partial charge in [0.2, 0.25) is 10.0 Å². The van der Waals surface area contributed by atoms with Gasteiger partial charge < -0.3 is 0 Å². The molecule has 0 saturated heterocycles. The molecule has 0 aliphatic heterocycles. The number of nitriles is 1. The molecule has 1 aromatic rings. The van der Waals surface area contributed by atoms with Gasteiger partial charge >= 0.3 is 0 Å². The molecule has 1 N–H and O–H groups in total. The van der Waals surface area contributed by atoms with E-state index in [4.69, 9.17) is 5.26 Å². The lowest BCUT2D eigenvalue weighted by molar-refractivity contribution is 0.577. The van der Waals surface area contributed by atoms with Crippen LogP contribution < -0.4 is 4.72 Å². The highest BCUT2D eigenvalue weighted by atomic mass is 32.2. The van der Waals surface area contributed by atoms with Crippen LogP contribution in [0.25, 0.3) is 0 Å². The fraction of sp³-hybridized carbons (Fsp3) is 0.400. The van der Waals surface area contributed by atoms with Crippen molar-refractivity contribution in [2.24, 2.45) is 0 Å². The van der Waals surface area contributed by atoms with Crippen LogP contribution in [0.5, 0.6) is 0 Å². The van der Waals surface area contributed by atoms with E-state index in [-0.39, 0.29) is 0 Å². The quantitative estimate of drug-likeness (QED) is 0.809. The molecule has 0 radical (unpaired) electrons. The van der Waals surface area contributed by atoms with Crippen molar-refractivity contribution >= 4 is 10.0 Å². The summed E-state index contributed by atoms with van der Waals surface area (Å²) in [4.78, 5) is 3.86. The van der Waals surface area contributed by atoms with E-state index in [2.05, 4.69) is 9.71 Å². The van der Waals surface area contributed by atoms with Crippen LogP contribution in [-0.4, -0.2) is 25.2 Å². The summed E-state index contributed by atoms with van der Waals surface area (Å²) in [7, 11) is -3.51. The van der Waals surface area contributed by atoms with E-state index in [9.17, 15) is 8.42 Å². The lowest BCUT2D eigenvalue weighted by atomic mass is 10.2. The summed E-state index contributed by atoms with van der Waals surface area (Å²) < 4.78 is 25.2. The number of rotatable bonds is 5. The van der Waals surface area contributed by atoms with Crippen LogP contribution in [-0.2, 0) is 16.4 Å². The number of aromatic nitrogens is 1. The van der Waals surface area contributed by atoms with Crippen molar-refractivity contribution in [3.05, 3.63) is 30.1 Å². The van der Waals surface area contributed by atoms with E-state index >= 15 is 0 Å². The molecule has 5 nitrogen and oxygen atoms in total. The molecule has 0 bridgehead atoms. The Labute approximate surface area is 95.2 Å². The smallest absolute Gasteiger partial charge is 0.227 e. The average molecular weight is 239 g/mol. The van der Waals surface area contributed by atoms with Crippen molar-refractivity contribution in [2.75, 3.05) is 6.54 Å². The summed E-state index contributed by atoms with van der Waals surface area (Å²) in [6, 6.07) is 5.34. The molecule has 86 valence electrons. The molecule has 0 aliphatic carbocycles. The molecule has 0 amide bonds. The fourth-order valence-corrected chi connectivity index (χ4v) is 1.86. The number of nitrogens with zero attached hydrogens (tertiary/aromatic N) is 2. The monoisotopic (exact) mass is 239 g/mol. The number of hydrogen-bond donors (Lipinski definition) is 1. The molecular weight excluding hydrogens is 226 g/mol. The highest BCUT2D eigenvalue weighted by molar-refractivity contribution is 7.90. The highest BCUT2D eigenvalue weighted by Crippen LogP contribution is 1.99. The number of pyridine rings is 1. The first-order valence-corrected chi connectivity index (χ1v) is 6.38. The van der Waals surface area contributed by atoms with Crippen molar-refractivity contribution < 1.29 is 8.42 Å². The standard InChI is InChI=1S/C10H13N3O2S/c1-9(8-11)16(14,15)13-7-4-10-2-5-12-6-3-10/h2-3,5-6,9,13H,4,7H2,1H3. The van der Waals surface area contributed by atoms with Crippen LogP contribution in [0.4, 0.5) is 0 Å². The molecule has 0 aliphatic rings. The minimum atomic E-state index is -3.51. The second-order valence-corrected chi connectivity index (χ2v) is 5.40. The van der Waals surface area contributed by atoms with Crippen molar-refractivity contribution in [2.45, 2.75) is 18.6 Å². The highest BCUT2D eigenvalue weighted by Gasteiger charge is 2.18. The van der Waals surface area contributed by atoms with Crippen LogP contribution in [0.1, 0.15) is 12.5 Å². The summed E-state index contributed by atoms with van der Waals surface area (Å²) in [5.74, 6) is 0. The van der Waals surface area contributed by atoms with E-state index in [1.807, 2.05) is 12.1 Å². The fourth-order valence-electron chi connectivity index (χ4n) is 1.08. The topological polar surface area (TPSA) is 82.8 Å². The maximum Gasteiger partial charge on any atom is 0.227 e. The van der Waals surface area contributed by atoms with E-state index in [1.54, 1.807) is 18.5 Å². The normalized spacial score (nSPS) is 13.0. The molecule has 0 aromatic carbocycles. The Morgan fingerprint density at radius 3 is 2.69 bits per heavy atom. The van der Waals surface area contributed by atoms with Crippen molar-refractivity contribution in [1.29, 1.82) is 5.26 Å². The third-order valence-electron chi connectivity index (χ3n) is 2.11. The Kier molecular flexibility index (Phi) is 4.40. The molecule has 1 aromatic heterocycles. The lowest BCUT2D eigenvalue weighted by Crippen LogP contribution is -2.33. The van der Waals surface area contributed by atoms with Crippen LogP contribution in [0.2, 0.25) is 0 Å². The predicted molar refractivity (Wildman–Crippen MR) is 59.9 cm³/mol. The maximum absolute atomic E-state index is 11.4. The molecule has 0 fully saturated rings. The first kappa shape index (κ1) is 12.6. The van der Waals surface area contributed by atoms with Crippen LogP contribution >= 0.6 is 0 Å². The minimum absolute atomic E-state index is 0.290. The Morgan fingerprint density at radius 1 is 1.50 bits per heavy atom. The van der Waals surface area contributed by atoms with Gasteiger partial charge in [0, 0.05) is 18.9 Å². The first-order chi connectivity index (χ1) is 7.56. The number of hydrogen-bond acceptors (Lipinski definition) is 4. The summed E-state index contributed by atoms with van der Waals surface area (Å²) in [6.45, 7) is 1.65. The van der Waals surface area contributed by atoms with Crippen molar-refractivity contribution in [3.63, 3.8) is 0 Å². The molecule has 0 spiro atoms. The van der Waals surface area contributed by atoms with Crippen molar-refractivity contribution in [1.82, 2.24) is 9.71 Å². The van der Waals surface area contributed by atoms with Gasteiger partial charge in [-0.15, -0.1) is 0 Å². The van der Waals surface area contributed by atoms with E-state index in [0.29, 0.717) is 13.0 Å². The Morgan fingerprint density at radius 2 is 2.12 bits per heavy atom. The second kappa shape index (κ2) is 5.58. The zero-order valence-electron chi connectivity index (χ0n) is 8.92. The van der Waals surface area contributed by atoms with Gasteiger partial charge in [-0.25, -0.2) is 13.1 Å². The van der Waals surface area contributed by atoms with Crippen LogP contribution in [0.3, 0.4) is 0 Å². The predicted octanol–water partition coefficient (Wildman–Crippen LogP) is 0.456. The molecule has 0 saturated carbocycles. The second-order valence-electron chi connectivity index (χ2n) is 3.32.